The summed E-state index contributed by atoms with van der Waals surface area (Å²) >= 11 is 0. The number of aromatic carboxylic acids is 1. The summed E-state index contributed by atoms with van der Waals surface area (Å²) in [6.45, 7) is 10.4. The minimum Gasteiger partial charge on any atom is -0.478 e. The summed E-state index contributed by atoms with van der Waals surface area (Å²) in [6.07, 6.45) is 3.89. The minimum absolute atomic E-state index is 0.274. The summed E-state index contributed by atoms with van der Waals surface area (Å²) in [7, 11) is -1.10. The van der Waals surface area contributed by atoms with Crippen LogP contribution in [0.5, 0.6) is 0 Å². The predicted molar refractivity (Wildman–Crippen MR) is 111 cm³/mol. The Morgan fingerprint density at radius 1 is 1.19 bits per heavy atom. The van der Waals surface area contributed by atoms with Gasteiger partial charge in [-0.1, -0.05) is 31.8 Å². The van der Waals surface area contributed by atoms with E-state index >= 15 is 0 Å². The molecule has 2 heterocycles. The van der Waals surface area contributed by atoms with Crippen molar-refractivity contribution in [3.05, 3.63) is 53.9 Å². The van der Waals surface area contributed by atoms with E-state index in [9.17, 15) is 4.79 Å². The molecule has 0 saturated heterocycles. The third-order valence-electron chi connectivity index (χ3n) is 4.61. The number of hydrogen-bond acceptors (Lipinski definition) is 3. The van der Waals surface area contributed by atoms with Crippen LogP contribution in [0.25, 0.3) is 22.2 Å². The van der Waals surface area contributed by atoms with Gasteiger partial charge in [0.2, 0.25) is 0 Å². The van der Waals surface area contributed by atoms with E-state index in [0.29, 0.717) is 6.73 Å². The van der Waals surface area contributed by atoms with E-state index in [1.807, 2.05) is 31.5 Å². The van der Waals surface area contributed by atoms with Crippen molar-refractivity contribution in [2.75, 3.05) is 6.61 Å². The predicted octanol–water partition coefficient (Wildman–Crippen LogP) is 5.02. The van der Waals surface area contributed by atoms with Gasteiger partial charge in [-0.25, -0.2) is 4.79 Å². The van der Waals surface area contributed by atoms with E-state index in [2.05, 4.69) is 35.3 Å². The molecule has 0 saturated carbocycles. The van der Waals surface area contributed by atoms with Crippen LogP contribution in [0.2, 0.25) is 25.7 Å². The Morgan fingerprint density at radius 2 is 1.89 bits per heavy atom. The lowest BCUT2D eigenvalue weighted by atomic mass is 10.0. The summed E-state index contributed by atoms with van der Waals surface area (Å²) in [5.74, 6) is -0.926. The number of hydrogen-bond donors (Lipinski definition) is 1. The topological polar surface area (TPSA) is 64.3 Å². The first-order chi connectivity index (χ1) is 12.8. The molecule has 1 N–H and O–H groups in total. The quantitative estimate of drug-likeness (QED) is 0.460. The SMILES string of the molecule is Cc1cnc(-c2ccc(C(=O)O)cc2)c2ccn(COCC[Si](C)(C)C)c12. The van der Waals surface area contributed by atoms with Crippen LogP contribution in [-0.4, -0.2) is 35.3 Å². The first-order valence-corrected chi connectivity index (χ1v) is 12.8. The molecule has 0 aliphatic carbocycles. The van der Waals surface area contributed by atoms with E-state index in [-0.39, 0.29) is 5.56 Å². The summed E-state index contributed by atoms with van der Waals surface area (Å²) in [5, 5.41) is 10.1. The molecule has 2 aromatic heterocycles. The first kappa shape index (κ1) is 19.3. The Hall–Kier alpha value is -2.44. The number of aryl methyl sites for hydroxylation is 1. The van der Waals surface area contributed by atoms with E-state index in [0.717, 1.165) is 40.4 Å². The number of carboxylic acids is 1. The van der Waals surface area contributed by atoms with E-state index in [1.54, 1.807) is 12.1 Å². The number of carboxylic acid groups (broad SMARTS) is 1. The van der Waals surface area contributed by atoms with Gasteiger partial charge in [0, 0.05) is 38.0 Å². The van der Waals surface area contributed by atoms with Gasteiger partial charge in [-0.05, 0) is 36.7 Å². The number of nitrogens with zero attached hydrogens (tertiary/aromatic N) is 2. The summed E-state index contributed by atoms with van der Waals surface area (Å²) in [6, 6.07) is 10.0. The van der Waals surface area contributed by atoms with Crippen LogP contribution in [-0.2, 0) is 11.5 Å². The zero-order valence-corrected chi connectivity index (χ0v) is 17.3. The molecular weight excluding hydrogens is 356 g/mol. The molecule has 1 aromatic carbocycles. The Kier molecular flexibility index (Phi) is 5.48. The lowest BCUT2D eigenvalue weighted by Crippen LogP contribution is -2.22. The van der Waals surface area contributed by atoms with Gasteiger partial charge in [0.15, 0.2) is 0 Å². The van der Waals surface area contributed by atoms with E-state index in [1.165, 1.54) is 0 Å². The second-order valence-corrected chi connectivity index (χ2v) is 13.7. The molecule has 0 aliphatic heterocycles. The maximum absolute atomic E-state index is 11.1. The van der Waals surface area contributed by atoms with Crippen molar-refractivity contribution in [3.8, 4) is 11.3 Å². The van der Waals surface area contributed by atoms with Crippen LogP contribution in [0.1, 0.15) is 15.9 Å². The van der Waals surface area contributed by atoms with Crippen LogP contribution >= 0.6 is 0 Å². The molecule has 3 rings (SSSR count). The van der Waals surface area contributed by atoms with Crippen molar-refractivity contribution >= 4 is 24.9 Å². The third kappa shape index (κ3) is 4.46. The molecule has 0 spiro atoms. The fourth-order valence-corrected chi connectivity index (χ4v) is 3.80. The molecule has 0 bridgehead atoms. The Balaban J connectivity index is 1.87. The second kappa shape index (κ2) is 7.66. The van der Waals surface area contributed by atoms with Gasteiger partial charge in [0.1, 0.15) is 6.73 Å². The number of rotatable bonds is 7. The molecule has 5 nitrogen and oxygen atoms in total. The molecule has 0 atom stereocenters. The van der Waals surface area contributed by atoms with Gasteiger partial charge in [-0.2, -0.15) is 0 Å². The summed E-state index contributed by atoms with van der Waals surface area (Å²) < 4.78 is 8.03. The first-order valence-electron chi connectivity index (χ1n) is 9.12. The van der Waals surface area contributed by atoms with Crippen LogP contribution in [0, 0.1) is 6.92 Å². The zero-order valence-electron chi connectivity index (χ0n) is 16.3. The minimum atomic E-state index is -1.10. The van der Waals surface area contributed by atoms with Gasteiger partial charge in [0.25, 0.3) is 0 Å². The fraction of sp³-hybridized carbons (Fsp3) is 0.333. The number of ether oxygens (including phenoxy) is 1. The number of fused-ring (bicyclic) bond motifs is 1. The molecule has 0 fully saturated rings. The number of aromatic nitrogens is 2. The highest BCUT2D eigenvalue weighted by Crippen LogP contribution is 2.29. The van der Waals surface area contributed by atoms with Crippen molar-refractivity contribution in [1.29, 1.82) is 0 Å². The van der Waals surface area contributed by atoms with E-state index < -0.39 is 14.0 Å². The average Bonchev–Trinajstić information content (AvgIpc) is 3.03. The maximum Gasteiger partial charge on any atom is 0.335 e. The summed E-state index contributed by atoms with van der Waals surface area (Å²) in [5.41, 5.74) is 4.23. The molecule has 0 radical (unpaired) electrons. The Bertz CT molecular complexity index is 956. The van der Waals surface area contributed by atoms with E-state index in [4.69, 9.17) is 9.84 Å². The molecule has 3 aromatic rings. The van der Waals surface area contributed by atoms with Crippen LogP contribution in [0.3, 0.4) is 0 Å². The molecule has 27 heavy (non-hydrogen) atoms. The van der Waals surface area contributed by atoms with Crippen LogP contribution in [0.15, 0.2) is 42.7 Å². The highest BCUT2D eigenvalue weighted by molar-refractivity contribution is 6.76. The third-order valence-corrected chi connectivity index (χ3v) is 6.32. The standard InChI is InChI=1S/C21H26N2O3Si/c1-15-13-22-19(16-5-7-17(8-6-16)21(24)25)18-9-10-23(20(15)18)14-26-11-12-27(2,3)4/h5-10,13H,11-12,14H2,1-4H3,(H,24,25). The van der Waals surface area contributed by atoms with Gasteiger partial charge >= 0.3 is 5.97 Å². The Morgan fingerprint density at radius 3 is 2.52 bits per heavy atom. The molecule has 0 amide bonds. The molecule has 142 valence electrons. The van der Waals surface area contributed by atoms with Gasteiger partial charge in [0.05, 0.1) is 16.8 Å². The van der Waals surface area contributed by atoms with Crippen molar-refractivity contribution in [1.82, 2.24) is 9.55 Å². The zero-order chi connectivity index (χ0) is 19.6. The largest absolute Gasteiger partial charge is 0.478 e. The fourth-order valence-electron chi connectivity index (χ4n) is 3.04. The summed E-state index contributed by atoms with van der Waals surface area (Å²) in [4.78, 5) is 15.7. The second-order valence-electron chi connectivity index (χ2n) is 8.07. The lowest BCUT2D eigenvalue weighted by molar-refractivity contribution is 0.0697. The molecular formula is C21H26N2O3Si. The Labute approximate surface area is 160 Å². The molecule has 6 heteroatoms. The number of carbonyl (C=O) groups is 1. The molecule has 0 aliphatic rings. The van der Waals surface area contributed by atoms with Crippen LogP contribution in [0.4, 0.5) is 0 Å². The van der Waals surface area contributed by atoms with Crippen LogP contribution < -0.4 is 0 Å². The van der Waals surface area contributed by atoms with Gasteiger partial charge in [-0.15, -0.1) is 0 Å². The maximum atomic E-state index is 11.1. The van der Waals surface area contributed by atoms with Gasteiger partial charge in [-0.3, -0.25) is 4.98 Å². The van der Waals surface area contributed by atoms with Crippen molar-refractivity contribution in [3.63, 3.8) is 0 Å². The molecule has 0 unspecified atom stereocenters. The highest BCUT2D eigenvalue weighted by Gasteiger charge is 2.14. The normalized spacial score (nSPS) is 11.9. The highest BCUT2D eigenvalue weighted by atomic mass is 28.3. The number of benzene rings is 1. The van der Waals surface area contributed by atoms with Gasteiger partial charge < -0.3 is 14.4 Å². The van der Waals surface area contributed by atoms with Crippen molar-refractivity contribution < 1.29 is 14.6 Å². The number of pyridine rings is 1. The average molecular weight is 383 g/mol. The van der Waals surface area contributed by atoms with Crippen molar-refractivity contribution in [2.24, 2.45) is 0 Å². The lowest BCUT2D eigenvalue weighted by Gasteiger charge is -2.16. The van der Waals surface area contributed by atoms with Crippen molar-refractivity contribution in [2.45, 2.75) is 39.3 Å². The smallest absolute Gasteiger partial charge is 0.335 e. The monoisotopic (exact) mass is 382 g/mol.